The fourth-order valence-corrected chi connectivity index (χ4v) is 3.65. The number of amides is 1. The van der Waals surface area contributed by atoms with E-state index in [9.17, 15) is 13.6 Å². The minimum Gasteiger partial charge on any atom is -0.497 e. The molecule has 1 heterocycles. The van der Waals surface area contributed by atoms with Crippen molar-refractivity contribution >= 4 is 23.4 Å². The largest absolute Gasteiger partial charge is 0.497 e. The molecule has 0 radical (unpaired) electrons. The Balaban J connectivity index is 1.64. The number of rotatable bonds is 9. The molecule has 0 aliphatic heterocycles. The molecule has 1 atom stereocenters. The van der Waals surface area contributed by atoms with Crippen molar-refractivity contribution in [3.8, 4) is 11.5 Å². The van der Waals surface area contributed by atoms with Gasteiger partial charge in [-0.05, 0) is 38.1 Å². The number of benzene rings is 2. The summed E-state index contributed by atoms with van der Waals surface area (Å²) in [6.45, 7) is 4.36. The normalized spacial score (nSPS) is 11.8. The number of halogens is 2. The van der Waals surface area contributed by atoms with Gasteiger partial charge >= 0.3 is 0 Å². The zero-order valence-electron chi connectivity index (χ0n) is 17.3. The van der Waals surface area contributed by atoms with Crippen LogP contribution in [0.3, 0.4) is 0 Å². The quantitative estimate of drug-likeness (QED) is 0.487. The first kappa shape index (κ1) is 22.5. The highest BCUT2D eigenvalue weighted by atomic mass is 32.2. The number of nitrogens with zero attached hydrogens (tertiary/aromatic N) is 3. The summed E-state index contributed by atoms with van der Waals surface area (Å²) in [5.41, 5.74) is -0.0787. The molecule has 0 bridgehead atoms. The monoisotopic (exact) mass is 448 g/mol. The van der Waals surface area contributed by atoms with E-state index in [2.05, 4.69) is 15.5 Å². The maximum Gasteiger partial charge on any atom is 0.234 e. The molecule has 1 amide bonds. The Morgan fingerprint density at radius 1 is 1.19 bits per heavy atom. The van der Waals surface area contributed by atoms with Crippen molar-refractivity contribution in [2.24, 2.45) is 0 Å². The first-order valence-electron chi connectivity index (χ1n) is 9.52. The van der Waals surface area contributed by atoms with Gasteiger partial charge in [0.1, 0.15) is 23.1 Å². The van der Waals surface area contributed by atoms with Gasteiger partial charge in [0, 0.05) is 18.7 Å². The van der Waals surface area contributed by atoms with E-state index in [-0.39, 0.29) is 11.4 Å². The van der Waals surface area contributed by atoms with Crippen LogP contribution in [-0.2, 0) is 11.3 Å². The van der Waals surface area contributed by atoms with Crippen molar-refractivity contribution < 1.29 is 23.0 Å². The van der Waals surface area contributed by atoms with E-state index in [1.165, 1.54) is 6.07 Å². The fourth-order valence-electron chi connectivity index (χ4n) is 2.84. The van der Waals surface area contributed by atoms with Crippen LogP contribution in [0.25, 0.3) is 0 Å². The molecule has 1 unspecified atom stereocenters. The van der Waals surface area contributed by atoms with Crippen LogP contribution in [0, 0.1) is 11.6 Å². The first-order valence-corrected chi connectivity index (χ1v) is 10.5. The summed E-state index contributed by atoms with van der Waals surface area (Å²) in [5, 5.41) is 11.3. The highest BCUT2D eigenvalue weighted by molar-refractivity contribution is 7.99. The molecule has 2 aromatic carbocycles. The van der Waals surface area contributed by atoms with Gasteiger partial charge in [-0.1, -0.05) is 17.8 Å². The van der Waals surface area contributed by atoms with Gasteiger partial charge < -0.3 is 19.4 Å². The molecule has 0 saturated heterocycles. The van der Waals surface area contributed by atoms with Crippen LogP contribution in [0.1, 0.15) is 25.8 Å². The predicted molar refractivity (Wildman–Crippen MR) is 113 cm³/mol. The van der Waals surface area contributed by atoms with Gasteiger partial charge in [0.05, 0.1) is 18.6 Å². The fraction of sp³-hybridized carbons (Fsp3) is 0.286. The zero-order valence-corrected chi connectivity index (χ0v) is 18.1. The average molecular weight is 448 g/mol. The minimum atomic E-state index is -0.833. The van der Waals surface area contributed by atoms with E-state index in [1.807, 2.05) is 36.6 Å². The first-order chi connectivity index (χ1) is 14.9. The van der Waals surface area contributed by atoms with Crippen LogP contribution in [0.5, 0.6) is 11.5 Å². The molecule has 10 heteroatoms. The molecular weight excluding hydrogens is 426 g/mol. The number of ether oxygens (including phenoxy) is 2. The highest BCUT2D eigenvalue weighted by Gasteiger charge is 2.20. The molecule has 0 fully saturated rings. The number of hydrogen-bond donors (Lipinski definition) is 1. The van der Waals surface area contributed by atoms with Gasteiger partial charge in [-0.2, -0.15) is 0 Å². The second kappa shape index (κ2) is 10.3. The van der Waals surface area contributed by atoms with Crippen LogP contribution in [0.2, 0.25) is 0 Å². The number of carbonyl (C=O) groups excluding carboxylic acids is 1. The van der Waals surface area contributed by atoms with Crippen LogP contribution in [0.4, 0.5) is 14.5 Å². The van der Waals surface area contributed by atoms with Gasteiger partial charge in [-0.25, -0.2) is 8.78 Å². The van der Waals surface area contributed by atoms with Crippen molar-refractivity contribution in [2.45, 2.75) is 31.7 Å². The van der Waals surface area contributed by atoms with Crippen molar-refractivity contribution in [3.05, 3.63) is 59.9 Å². The number of aromatic nitrogens is 3. The Labute approximate surface area is 182 Å². The molecule has 3 rings (SSSR count). The summed E-state index contributed by atoms with van der Waals surface area (Å²) in [5.74, 6) is -0.0743. The van der Waals surface area contributed by atoms with E-state index < -0.39 is 23.6 Å². The van der Waals surface area contributed by atoms with Crippen molar-refractivity contribution in [1.29, 1.82) is 0 Å². The number of carbonyl (C=O) groups is 1. The summed E-state index contributed by atoms with van der Waals surface area (Å²) in [6.07, 6.45) is -0.393. The second-order valence-corrected chi connectivity index (χ2v) is 7.43. The molecule has 31 heavy (non-hydrogen) atoms. The van der Waals surface area contributed by atoms with E-state index in [0.717, 1.165) is 17.8 Å². The number of nitrogens with one attached hydrogen (secondary N) is 1. The molecule has 0 saturated carbocycles. The van der Waals surface area contributed by atoms with Gasteiger partial charge in [-0.3, -0.25) is 4.79 Å². The molecule has 0 aliphatic rings. The summed E-state index contributed by atoms with van der Waals surface area (Å²) >= 11 is 1.16. The van der Waals surface area contributed by atoms with Crippen LogP contribution < -0.4 is 14.8 Å². The molecule has 0 spiro atoms. The lowest BCUT2D eigenvalue weighted by Gasteiger charge is -2.16. The van der Waals surface area contributed by atoms with E-state index in [0.29, 0.717) is 35.1 Å². The third-order valence-corrected chi connectivity index (χ3v) is 5.28. The molecule has 1 aromatic heterocycles. The summed E-state index contributed by atoms with van der Waals surface area (Å²) in [7, 11) is 1.58. The Morgan fingerprint density at radius 2 is 1.97 bits per heavy atom. The van der Waals surface area contributed by atoms with E-state index in [4.69, 9.17) is 9.47 Å². The summed E-state index contributed by atoms with van der Waals surface area (Å²) in [4.78, 5) is 12.2. The molecule has 3 aromatic rings. The molecule has 7 nitrogen and oxygen atoms in total. The summed E-state index contributed by atoms with van der Waals surface area (Å²) < 4.78 is 39.7. The Hall–Kier alpha value is -3.14. The molecule has 164 valence electrons. The number of thioether (sulfide) groups is 1. The average Bonchev–Trinajstić information content (AvgIpc) is 3.17. The van der Waals surface area contributed by atoms with Gasteiger partial charge in [0.25, 0.3) is 0 Å². The topological polar surface area (TPSA) is 78.3 Å². The Bertz CT molecular complexity index is 1060. The van der Waals surface area contributed by atoms with E-state index in [1.54, 1.807) is 13.2 Å². The number of hydrogen-bond acceptors (Lipinski definition) is 6. The van der Waals surface area contributed by atoms with E-state index >= 15 is 0 Å². The van der Waals surface area contributed by atoms with Gasteiger partial charge in [-0.15, -0.1) is 10.2 Å². The smallest absolute Gasteiger partial charge is 0.234 e. The third-order valence-electron chi connectivity index (χ3n) is 4.32. The zero-order chi connectivity index (χ0) is 22.4. The maximum absolute atomic E-state index is 13.7. The standard InChI is InChI=1S/C21H22F2N4O3S/c1-4-27-20(13(2)30-16-7-5-6-15(11-16)29-3)25-26-21(27)31-12-19(28)24-18-9-8-14(22)10-17(18)23/h5-11,13H,4,12H2,1-3H3,(H,24,28). The molecule has 0 aliphatic carbocycles. The maximum atomic E-state index is 13.7. The Morgan fingerprint density at radius 3 is 2.68 bits per heavy atom. The molecular formula is C21H22F2N4O3S. The van der Waals surface area contributed by atoms with Crippen molar-refractivity contribution in [1.82, 2.24) is 14.8 Å². The number of methoxy groups -OCH3 is 1. The van der Waals surface area contributed by atoms with Gasteiger partial charge in [0.2, 0.25) is 5.91 Å². The molecule has 1 N–H and O–H groups in total. The SMILES string of the molecule is CCn1c(SCC(=O)Nc2ccc(F)cc2F)nnc1C(C)Oc1cccc(OC)c1. The highest BCUT2D eigenvalue weighted by Crippen LogP contribution is 2.27. The van der Waals surface area contributed by atoms with Gasteiger partial charge in [0.15, 0.2) is 17.1 Å². The van der Waals surface area contributed by atoms with Crippen LogP contribution in [-0.4, -0.2) is 33.5 Å². The van der Waals surface area contributed by atoms with Crippen LogP contribution >= 0.6 is 11.8 Å². The van der Waals surface area contributed by atoms with Crippen molar-refractivity contribution in [2.75, 3.05) is 18.2 Å². The minimum absolute atomic E-state index is 0.0138. The lowest BCUT2D eigenvalue weighted by molar-refractivity contribution is -0.113. The number of anilines is 1. The lowest BCUT2D eigenvalue weighted by Crippen LogP contribution is -2.16. The Kier molecular flexibility index (Phi) is 7.45. The van der Waals surface area contributed by atoms with Crippen LogP contribution in [0.15, 0.2) is 47.6 Å². The third kappa shape index (κ3) is 5.72. The van der Waals surface area contributed by atoms with Crippen molar-refractivity contribution in [3.63, 3.8) is 0 Å². The predicted octanol–water partition coefficient (Wildman–Crippen LogP) is 4.46. The lowest BCUT2D eigenvalue weighted by atomic mass is 10.3. The second-order valence-electron chi connectivity index (χ2n) is 6.49. The summed E-state index contributed by atoms with van der Waals surface area (Å²) in [6, 6.07) is 10.2.